The topological polar surface area (TPSA) is 92.2 Å². The molecule has 6 nitrogen and oxygen atoms in total. The van der Waals surface area contributed by atoms with Gasteiger partial charge in [-0.1, -0.05) is 12.1 Å². The highest BCUT2D eigenvalue weighted by Crippen LogP contribution is 2.18. The number of rotatable bonds is 5. The fraction of sp³-hybridized carbons (Fsp3) is 0.333. The molecule has 1 aromatic heterocycles. The molecule has 0 aliphatic rings. The van der Waals surface area contributed by atoms with Crippen molar-refractivity contribution in [2.24, 2.45) is 0 Å². The molecule has 2 aromatic rings. The van der Waals surface area contributed by atoms with Crippen molar-refractivity contribution in [3.05, 3.63) is 30.6 Å². The number of fused-ring (bicyclic) bond motifs is 1. The summed E-state index contributed by atoms with van der Waals surface area (Å²) in [6.45, 7) is 0.119. The molecule has 0 spiro atoms. The normalized spacial score (nSPS) is 13.4. The van der Waals surface area contributed by atoms with Gasteiger partial charge in [-0.3, -0.25) is 0 Å². The number of sulfone groups is 1. The second-order valence-electron chi connectivity index (χ2n) is 4.37. The first-order valence-corrected chi connectivity index (χ1v) is 7.81. The van der Waals surface area contributed by atoms with Crippen LogP contribution in [0.25, 0.3) is 10.9 Å². The third kappa shape index (κ3) is 3.87. The Kier molecular flexibility index (Phi) is 3.96. The second-order valence-corrected chi connectivity index (χ2v) is 6.55. The first-order chi connectivity index (χ1) is 8.96. The lowest BCUT2D eigenvalue weighted by Crippen LogP contribution is -2.27. The molecule has 0 fully saturated rings. The highest BCUT2D eigenvalue weighted by Gasteiger charge is 2.12. The van der Waals surface area contributed by atoms with Crippen molar-refractivity contribution in [2.45, 2.75) is 6.10 Å². The average molecular weight is 281 g/mol. The van der Waals surface area contributed by atoms with E-state index in [2.05, 4.69) is 15.3 Å². The number of benzene rings is 1. The molecular formula is C12H15N3O3S. The Morgan fingerprint density at radius 3 is 2.79 bits per heavy atom. The van der Waals surface area contributed by atoms with Gasteiger partial charge in [-0.25, -0.2) is 18.4 Å². The smallest absolute Gasteiger partial charge is 0.150 e. The zero-order valence-electron chi connectivity index (χ0n) is 10.4. The quantitative estimate of drug-likeness (QED) is 0.826. The lowest BCUT2D eigenvalue weighted by Gasteiger charge is -2.12. The number of hydrogen-bond acceptors (Lipinski definition) is 6. The summed E-state index contributed by atoms with van der Waals surface area (Å²) in [4.78, 5) is 8.21. The van der Waals surface area contributed by atoms with Gasteiger partial charge in [0.2, 0.25) is 0 Å². The lowest BCUT2D eigenvalue weighted by atomic mass is 10.2. The van der Waals surface area contributed by atoms with Gasteiger partial charge in [0.25, 0.3) is 0 Å². The van der Waals surface area contributed by atoms with E-state index in [4.69, 9.17) is 0 Å². The van der Waals surface area contributed by atoms with Crippen molar-refractivity contribution >= 4 is 26.6 Å². The van der Waals surface area contributed by atoms with E-state index in [0.717, 1.165) is 17.2 Å². The van der Waals surface area contributed by atoms with Crippen LogP contribution in [0.3, 0.4) is 0 Å². The van der Waals surface area contributed by atoms with Crippen molar-refractivity contribution in [2.75, 3.05) is 23.9 Å². The van der Waals surface area contributed by atoms with Crippen molar-refractivity contribution in [3.8, 4) is 0 Å². The Morgan fingerprint density at radius 2 is 2.05 bits per heavy atom. The summed E-state index contributed by atoms with van der Waals surface area (Å²) < 4.78 is 22.1. The summed E-state index contributed by atoms with van der Waals surface area (Å²) >= 11 is 0. The number of nitrogens with zero attached hydrogens (tertiary/aromatic N) is 2. The van der Waals surface area contributed by atoms with Crippen LogP contribution in [0.4, 0.5) is 5.82 Å². The van der Waals surface area contributed by atoms with E-state index in [1.54, 1.807) is 0 Å². The Morgan fingerprint density at radius 1 is 1.32 bits per heavy atom. The number of aliphatic hydroxyl groups excluding tert-OH is 1. The molecule has 1 heterocycles. The summed E-state index contributed by atoms with van der Waals surface area (Å²) in [5, 5.41) is 13.4. The molecule has 2 N–H and O–H groups in total. The largest absolute Gasteiger partial charge is 0.390 e. The molecule has 1 aromatic carbocycles. The van der Waals surface area contributed by atoms with Crippen molar-refractivity contribution in [3.63, 3.8) is 0 Å². The van der Waals surface area contributed by atoms with Gasteiger partial charge in [-0.15, -0.1) is 0 Å². The maximum Gasteiger partial charge on any atom is 0.150 e. The molecule has 0 radical (unpaired) electrons. The van der Waals surface area contributed by atoms with Crippen LogP contribution in [0.15, 0.2) is 30.6 Å². The zero-order chi connectivity index (χ0) is 13.9. The van der Waals surface area contributed by atoms with Crippen LogP contribution in [0.2, 0.25) is 0 Å². The number of aliphatic hydroxyl groups is 1. The average Bonchev–Trinajstić information content (AvgIpc) is 2.34. The fourth-order valence-corrected chi connectivity index (χ4v) is 2.59. The van der Waals surface area contributed by atoms with Gasteiger partial charge in [-0.2, -0.15) is 0 Å². The third-order valence-corrected chi connectivity index (χ3v) is 3.53. The highest BCUT2D eigenvalue weighted by molar-refractivity contribution is 7.90. The zero-order valence-corrected chi connectivity index (χ0v) is 11.3. The fourth-order valence-electron chi connectivity index (χ4n) is 1.77. The highest BCUT2D eigenvalue weighted by atomic mass is 32.2. The molecule has 7 heteroatoms. The Hall–Kier alpha value is -1.73. The molecule has 1 unspecified atom stereocenters. The minimum absolute atomic E-state index is 0.119. The Balaban J connectivity index is 2.10. The van der Waals surface area contributed by atoms with Gasteiger partial charge in [-0.05, 0) is 12.1 Å². The van der Waals surface area contributed by atoms with Crippen molar-refractivity contribution in [1.29, 1.82) is 0 Å². The van der Waals surface area contributed by atoms with Crippen LogP contribution in [0.5, 0.6) is 0 Å². The number of nitrogens with one attached hydrogen (secondary N) is 1. The van der Waals surface area contributed by atoms with Gasteiger partial charge >= 0.3 is 0 Å². The maximum absolute atomic E-state index is 11.1. The molecule has 19 heavy (non-hydrogen) atoms. The Labute approximate surface area is 111 Å². The van der Waals surface area contributed by atoms with E-state index in [1.165, 1.54) is 6.33 Å². The van der Waals surface area contributed by atoms with Crippen LogP contribution < -0.4 is 5.32 Å². The van der Waals surface area contributed by atoms with E-state index in [1.807, 2.05) is 24.3 Å². The first kappa shape index (κ1) is 13.7. The van der Waals surface area contributed by atoms with Crippen molar-refractivity contribution in [1.82, 2.24) is 9.97 Å². The summed E-state index contributed by atoms with van der Waals surface area (Å²) in [5.41, 5.74) is 0.789. The number of para-hydroxylation sites is 1. The van der Waals surface area contributed by atoms with E-state index >= 15 is 0 Å². The molecule has 0 amide bonds. The van der Waals surface area contributed by atoms with Gasteiger partial charge in [0.1, 0.15) is 22.0 Å². The molecule has 0 aliphatic heterocycles. The first-order valence-electron chi connectivity index (χ1n) is 5.75. The van der Waals surface area contributed by atoms with Crippen LogP contribution in [0.1, 0.15) is 0 Å². The molecule has 1 atom stereocenters. The molecular weight excluding hydrogens is 266 g/mol. The summed E-state index contributed by atoms with van der Waals surface area (Å²) in [6.07, 6.45) is 1.55. The monoisotopic (exact) mass is 281 g/mol. The predicted octanol–water partition coefficient (Wildman–Crippen LogP) is 0.447. The van der Waals surface area contributed by atoms with E-state index in [0.29, 0.717) is 5.82 Å². The third-order valence-electron chi connectivity index (χ3n) is 2.54. The maximum atomic E-state index is 11.1. The number of aromatic nitrogens is 2. The standard InChI is InChI=1S/C12H15N3O3S/c1-19(17,18)7-9(16)6-13-12-10-4-2-3-5-11(10)14-8-15-12/h2-5,8-9,16H,6-7H2,1H3,(H,13,14,15). The van der Waals surface area contributed by atoms with Crippen LogP contribution >= 0.6 is 0 Å². The minimum atomic E-state index is -3.19. The molecule has 0 bridgehead atoms. The number of hydrogen-bond donors (Lipinski definition) is 2. The molecule has 0 saturated carbocycles. The minimum Gasteiger partial charge on any atom is -0.390 e. The summed E-state index contributed by atoms with van der Waals surface area (Å²) in [6, 6.07) is 7.46. The molecule has 2 rings (SSSR count). The number of anilines is 1. The van der Waals surface area contributed by atoms with E-state index in [9.17, 15) is 13.5 Å². The van der Waals surface area contributed by atoms with Gasteiger partial charge < -0.3 is 10.4 Å². The van der Waals surface area contributed by atoms with Crippen LogP contribution in [-0.4, -0.2) is 48.1 Å². The van der Waals surface area contributed by atoms with E-state index < -0.39 is 15.9 Å². The SMILES string of the molecule is CS(=O)(=O)CC(O)CNc1ncnc2ccccc12. The van der Waals surface area contributed by atoms with Gasteiger partial charge in [0.15, 0.2) is 0 Å². The van der Waals surface area contributed by atoms with Gasteiger partial charge in [0.05, 0.1) is 17.4 Å². The lowest BCUT2D eigenvalue weighted by molar-refractivity contribution is 0.210. The molecule has 0 aliphatic carbocycles. The van der Waals surface area contributed by atoms with Crippen molar-refractivity contribution < 1.29 is 13.5 Å². The van der Waals surface area contributed by atoms with E-state index in [-0.39, 0.29) is 12.3 Å². The molecule has 0 saturated heterocycles. The summed E-state index contributed by atoms with van der Waals surface area (Å²) in [5.74, 6) is 0.307. The second kappa shape index (κ2) is 5.50. The van der Waals surface area contributed by atoms with Crippen LogP contribution in [-0.2, 0) is 9.84 Å². The molecule has 102 valence electrons. The Bertz CT molecular complexity index is 667. The van der Waals surface area contributed by atoms with Gasteiger partial charge in [0, 0.05) is 18.2 Å². The van der Waals surface area contributed by atoms with Crippen LogP contribution in [0, 0.1) is 0 Å². The summed E-state index contributed by atoms with van der Waals surface area (Å²) in [7, 11) is -3.19. The predicted molar refractivity (Wildman–Crippen MR) is 73.7 cm³/mol.